The van der Waals surface area contributed by atoms with Gasteiger partial charge in [0.15, 0.2) is 0 Å². The molecule has 2 rings (SSSR count). The molecule has 0 aromatic carbocycles. The minimum absolute atomic E-state index is 0.296. The van der Waals surface area contributed by atoms with Gasteiger partial charge in [0.25, 0.3) is 0 Å². The van der Waals surface area contributed by atoms with Crippen LogP contribution in [0.1, 0.15) is 0 Å². The summed E-state index contributed by atoms with van der Waals surface area (Å²) in [6, 6.07) is 7.59. The van der Waals surface area contributed by atoms with Gasteiger partial charge >= 0.3 is 150 Å². The Balaban J connectivity index is 0.000000220. The summed E-state index contributed by atoms with van der Waals surface area (Å²) in [6.07, 6.45) is 0. The van der Waals surface area contributed by atoms with Crippen LogP contribution in [-0.2, 0) is 0 Å². The number of rotatable bonds is 0. The maximum absolute atomic E-state index is 8.50. The Bertz CT molecular complexity index is 599. The van der Waals surface area contributed by atoms with Crippen molar-refractivity contribution in [3.05, 3.63) is 19.6 Å². The molecule has 2 saturated heterocycles. The van der Waals surface area contributed by atoms with Crippen molar-refractivity contribution in [1.29, 1.82) is 21.0 Å². The molecule has 0 aromatic heterocycles. The second-order valence-electron chi connectivity index (χ2n) is 4.98. The van der Waals surface area contributed by atoms with Crippen LogP contribution in [0.5, 0.6) is 0 Å². The van der Waals surface area contributed by atoms with Gasteiger partial charge in [0, 0.05) is 0 Å². The molecule has 2 heterocycles. The molecule has 2 aliphatic rings. The minimum atomic E-state index is -1.58. The molecule has 4 nitrogen and oxygen atoms in total. The molecular weight excluding hydrogens is 474 g/mol. The van der Waals surface area contributed by atoms with Gasteiger partial charge in [-0.3, -0.25) is 0 Å². The standard InChI is InChI=1S/2C6H6GeN2S2/c2*1-7(2)10-6(11-7)5(3-8)4-9/h2*1-2H3. The SMILES string of the molecule is [CH3][Ge]1([CH3])[S]C(=C(C#N)C#N)[S]1.[CH3][Ge]1([CH3])[S]C(=C(C#N)C#N)[S]1. The van der Waals surface area contributed by atoms with E-state index in [1.165, 1.54) is 0 Å². The molecule has 0 bridgehead atoms. The third kappa shape index (κ3) is 5.53. The van der Waals surface area contributed by atoms with Crippen LogP contribution in [0, 0.1) is 45.3 Å². The molecule has 2 aliphatic heterocycles. The van der Waals surface area contributed by atoms with Crippen molar-refractivity contribution in [3.63, 3.8) is 0 Å². The van der Waals surface area contributed by atoms with Gasteiger partial charge in [-0.25, -0.2) is 0 Å². The third-order valence-electron chi connectivity index (χ3n) is 2.21. The van der Waals surface area contributed by atoms with Crippen LogP contribution in [0.3, 0.4) is 0 Å². The second-order valence-corrected chi connectivity index (χ2v) is 48.7. The molecule has 2 fully saturated rings. The van der Waals surface area contributed by atoms with Crippen molar-refractivity contribution >= 4 is 62.3 Å². The van der Waals surface area contributed by atoms with E-state index in [1.54, 1.807) is 40.3 Å². The predicted molar refractivity (Wildman–Crippen MR) is 102 cm³/mol. The van der Waals surface area contributed by atoms with Crippen molar-refractivity contribution in [2.45, 2.75) is 23.0 Å². The molecule has 0 spiro atoms. The van der Waals surface area contributed by atoms with Gasteiger partial charge in [-0.15, -0.1) is 0 Å². The summed E-state index contributed by atoms with van der Waals surface area (Å²) in [5, 5.41) is 34.0. The summed E-state index contributed by atoms with van der Waals surface area (Å²) < 4.78 is 1.89. The van der Waals surface area contributed by atoms with Gasteiger partial charge in [0.2, 0.25) is 0 Å². The van der Waals surface area contributed by atoms with E-state index in [4.69, 9.17) is 21.0 Å². The van der Waals surface area contributed by atoms with Crippen LogP contribution in [0.25, 0.3) is 0 Å². The fourth-order valence-electron chi connectivity index (χ4n) is 1.34. The Morgan fingerprint density at radius 2 is 0.864 bits per heavy atom. The molecule has 0 radical (unpaired) electrons. The summed E-state index contributed by atoms with van der Waals surface area (Å²) in [6.45, 7) is 0. The molecule has 112 valence electrons. The van der Waals surface area contributed by atoms with Crippen molar-refractivity contribution in [2.75, 3.05) is 0 Å². The van der Waals surface area contributed by atoms with Crippen molar-refractivity contribution in [1.82, 2.24) is 0 Å². The summed E-state index contributed by atoms with van der Waals surface area (Å²) >= 11 is 0. The fraction of sp³-hybridized carbons (Fsp3) is 0.333. The number of hydrogen-bond donors (Lipinski definition) is 0. The molecule has 22 heavy (non-hydrogen) atoms. The van der Waals surface area contributed by atoms with E-state index in [1.807, 2.05) is 24.3 Å². The molecule has 0 aliphatic carbocycles. The average Bonchev–Trinajstić information content (AvgIpc) is 2.38. The van der Waals surface area contributed by atoms with E-state index in [0.717, 1.165) is 8.47 Å². The Morgan fingerprint density at radius 1 is 0.636 bits per heavy atom. The quantitative estimate of drug-likeness (QED) is 0.355. The maximum atomic E-state index is 8.50. The zero-order valence-electron chi connectivity index (χ0n) is 12.4. The first-order chi connectivity index (χ1) is 10.2. The summed E-state index contributed by atoms with van der Waals surface area (Å²) in [5.74, 6) is 9.02. The monoisotopic (exact) mass is 488 g/mol. The Kier molecular flexibility index (Phi) is 7.40. The van der Waals surface area contributed by atoms with E-state index in [2.05, 4.69) is 23.0 Å². The zero-order chi connectivity index (χ0) is 17.0. The third-order valence-corrected chi connectivity index (χ3v) is 33.2. The number of allylic oxidation sites excluding steroid dienone is 2. The first-order valence-corrected chi connectivity index (χ1v) is 28.0. The van der Waals surface area contributed by atoms with Crippen LogP contribution < -0.4 is 0 Å². The van der Waals surface area contributed by atoms with Crippen LogP contribution in [0.2, 0.25) is 23.0 Å². The Hall–Kier alpha value is -0.0743. The molecular formula is C12H12Ge2N4S4. The summed E-state index contributed by atoms with van der Waals surface area (Å²) in [5.41, 5.74) is 0.593. The Morgan fingerprint density at radius 3 is 1.00 bits per heavy atom. The number of hydrogen-bond acceptors (Lipinski definition) is 8. The molecule has 0 atom stereocenters. The molecule has 0 N–H and O–H groups in total. The summed E-state index contributed by atoms with van der Waals surface area (Å²) in [7, 11) is 3.92. The van der Waals surface area contributed by atoms with Crippen molar-refractivity contribution in [3.8, 4) is 24.3 Å². The van der Waals surface area contributed by atoms with E-state index < -0.39 is 22.0 Å². The van der Waals surface area contributed by atoms with E-state index in [-0.39, 0.29) is 0 Å². The van der Waals surface area contributed by atoms with Gasteiger partial charge in [0.05, 0.1) is 0 Å². The van der Waals surface area contributed by atoms with Crippen molar-refractivity contribution < 1.29 is 0 Å². The summed E-state index contributed by atoms with van der Waals surface area (Å²) in [4.78, 5) is 0. The molecule has 0 aromatic rings. The van der Waals surface area contributed by atoms with Crippen LogP contribution in [0.15, 0.2) is 19.6 Å². The van der Waals surface area contributed by atoms with Gasteiger partial charge in [0.1, 0.15) is 0 Å². The van der Waals surface area contributed by atoms with E-state index in [0.29, 0.717) is 11.1 Å². The van der Waals surface area contributed by atoms with E-state index in [9.17, 15) is 0 Å². The predicted octanol–water partition coefficient (Wildman–Crippen LogP) is 4.85. The fourth-order valence-corrected chi connectivity index (χ4v) is 33.5. The molecule has 0 saturated carbocycles. The van der Waals surface area contributed by atoms with Crippen molar-refractivity contribution in [2.24, 2.45) is 0 Å². The van der Waals surface area contributed by atoms with Crippen LogP contribution in [-0.4, -0.2) is 22.0 Å². The number of nitrogens with zero attached hydrogens (tertiary/aromatic N) is 4. The normalized spacial score (nSPS) is 19.5. The van der Waals surface area contributed by atoms with Gasteiger partial charge in [-0.2, -0.15) is 0 Å². The Labute approximate surface area is 149 Å². The van der Waals surface area contributed by atoms with E-state index >= 15 is 0 Å². The van der Waals surface area contributed by atoms with Gasteiger partial charge in [-0.05, 0) is 0 Å². The van der Waals surface area contributed by atoms with Gasteiger partial charge in [-0.1, -0.05) is 0 Å². The topological polar surface area (TPSA) is 95.2 Å². The molecule has 10 heteroatoms. The zero-order valence-corrected chi connectivity index (χ0v) is 19.9. The average molecular weight is 486 g/mol. The molecule has 0 unspecified atom stereocenters. The van der Waals surface area contributed by atoms with Crippen LogP contribution >= 0.6 is 40.3 Å². The number of nitriles is 4. The van der Waals surface area contributed by atoms with Gasteiger partial charge < -0.3 is 0 Å². The molecule has 0 amide bonds. The van der Waals surface area contributed by atoms with Crippen LogP contribution in [0.4, 0.5) is 0 Å². The second kappa shape index (κ2) is 8.15. The first-order valence-electron chi connectivity index (χ1n) is 6.03. The first kappa shape index (κ1) is 20.0.